The lowest BCUT2D eigenvalue weighted by Gasteiger charge is -2.17. The fourth-order valence-corrected chi connectivity index (χ4v) is 7.69. The first-order valence-electron chi connectivity index (χ1n) is 28.7. The molecule has 0 aliphatic carbocycles. The number of hydrogen-bond donors (Lipinski definition) is 0. The van der Waals surface area contributed by atoms with Gasteiger partial charge >= 0.3 is 41.8 Å². The Kier molecular flexibility index (Phi) is 45.5. The highest BCUT2D eigenvalue weighted by Crippen LogP contribution is 2.26. The summed E-state index contributed by atoms with van der Waals surface area (Å²) in [6, 6.07) is 41.8. The summed E-state index contributed by atoms with van der Waals surface area (Å²) >= 11 is 3.32. The van der Waals surface area contributed by atoms with Crippen molar-refractivity contribution >= 4 is 63.4 Å². The summed E-state index contributed by atoms with van der Waals surface area (Å²) in [7, 11) is 0. The van der Waals surface area contributed by atoms with Crippen LogP contribution in [0.4, 0.5) is 5.69 Å². The van der Waals surface area contributed by atoms with E-state index in [1.165, 1.54) is 72.7 Å². The van der Waals surface area contributed by atoms with Crippen LogP contribution in [0.15, 0.2) is 132 Å². The summed E-state index contributed by atoms with van der Waals surface area (Å²) in [6.07, 6.45) is -2.64. The lowest BCUT2D eigenvalue weighted by molar-refractivity contribution is -0.384. The Morgan fingerprint density at radius 3 is 1.06 bits per heavy atom. The third-order valence-electron chi connectivity index (χ3n) is 11.6. The Morgan fingerprint density at radius 1 is 0.453 bits per heavy atom. The molecule has 0 aliphatic heterocycles. The highest BCUT2D eigenvalue weighted by atomic mass is 79.9. The van der Waals surface area contributed by atoms with Crippen LogP contribution < -0.4 is 0 Å². The van der Waals surface area contributed by atoms with Gasteiger partial charge in [-0.25, -0.2) is 32.9 Å². The smallest absolute Gasteiger partial charge is 0.303 e. The molecule has 24 nitrogen and oxygen atoms in total. The third kappa shape index (κ3) is 41.7. The molecule has 8 unspecified atom stereocenters. The fourth-order valence-electron chi connectivity index (χ4n) is 7.43. The van der Waals surface area contributed by atoms with Crippen LogP contribution in [0.3, 0.4) is 0 Å². The largest absolute Gasteiger partial charge is 0.461 e. The molecule has 5 aromatic rings. The van der Waals surface area contributed by atoms with Crippen LogP contribution in [0.25, 0.3) is 24.2 Å². The second-order valence-electron chi connectivity index (χ2n) is 19.8. The molecule has 5 aromatic carbocycles. The van der Waals surface area contributed by atoms with E-state index in [1.54, 1.807) is 20.8 Å². The first-order valence-corrected chi connectivity index (χ1v) is 29.5. The Morgan fingerprint density at radius 2 is 0.768 bits per heavy atom. The van der Waals surface area contributed by atoms with Gasteiger partial charge in [0.2, 0.25) is 6.54 Å². The molecule has 0 bridgehead atoms. The zero-order valence-corrected chi connectivity index (χ0v) is 56.6. The van der Waals surface area contributed by atoms with Crippen molar-refractivity contribution in [2.75, 3.05) is 39.3 Å². The second kappa shape index (κ2) is 50.4. The first-order chi connectivity index (χ1) is 44.9. The second-order valence-corrected chi connectivity index (χ2v) is 20.7. The van der Waals surface area contributed by atoms with E-state index < -0.39 is 53.2 Å². The molecule has 500 valence electrons. The third-order valence-corrected chi connectivity index (χ3v) is 12.1. The zero-order chi connectivity index (χ0) is 72.4. The van der Waals surface area contributed by atoms with E-state index in [-0.39, 0.29) is 86.9 Å². The van der Waals surface area contributed by atoms with Crippen molar-refractivity contribution in [3.05, 3.63) is 238 Å². The molecule has 0 radical (unpaired) electrons. The summed E-state index contributed by atoms with van der Waals surface area (Å²) in [5.74, 6) is -3.62. The number of benzene rings is 5. The monoisotopic (exact) mass is 1360 g/mol. The highest BCUT2D eigenvalue weighted by Gasteiger charge is 2.24. The van der Waals surface area contributed by atoms with Crippen molar-refractivity contribution in [1.82, 2.24) is 0 Å². The van der Waals surface area contributed by atoms with E-state index in [9.17, 15) is 43.7 Å². The van der Waals surface area contributed by atoms with E-state index >= 15 is 0 Å². The number of ether oxygens (including phenoxy) is 7. The molecule has 25 heteroatoms. The quantitative estimate of drug-likeness (QED) is 0.0175. The van der Waals surface area contributed by atoms with Crippen molar-refractivity contribution in [1.29, 1.82) is 10.5 Å². The van der Waals surface area contributed by atoms with Gasteiger partial charge in [0.15, 0.2) is 31.0 Å². The van der Waals surface area contributed by atoms with Crippen LogP contribution in [-0.2, 0) is 66.7 Å². The number of nitro benzene ring substituents is 1. The summed E-state index contributed by atoms with van der Waals surface area (Å²) in [4.78, 5) is 100. The molecule has 95 heavy (non-hydrogen) atoms. The molecule has 0 heterocycles. The average Bonchev–Trinajstić information content (AvgIpc) is 1.00. The van der Waals surface area contributed by atoms with Gasteiger partial charge in [0, 0.05) is 81.8 Å². The Labute approximate surface area is 564 Å². The number of carbonyl (C=O) groups excluding carboxylic acids is 7. The van der Waals surface area contributed by atoms with Gasteiger partial charge in [0.1, 0.15) is 24.0 Å². The standard InChI is InChI=1S/C13H15NO2.C12H12N2O4.C12H13NO2.C11H10BrNO2.C11H11NO2.C6H9NO2.C5H7NO2/c1-9-4-6-12(7-5-9)13(8-14)10(2)16-11(3)15;1-8(18-9(2)15)12(7-13)10-3-5-11(6-4-10)14(16)17;1-9-4-6-11(7-5-9)12(8-13-3)15-10(2)14;1-8(14)15-11(7-13-2)9-3-5-10(12)6-4-9;1-9(13)14-11(8-12-2)10-6-4-3-5-7-10;1-5(4-7-3)9-6(2)8;1-5(7)8-4-3-6-2/h4-7,10,13H,1-3H3;3-6,8,12H,1-2H3;4-7,12H,8H2,1-2H3;3-6,11H,7H2,1H3;3-7,11H,8H2,1H3;5H,4H2,1-2H3;3-4H2,1H3. The van der Waals surface area contributed by atoms with Crippen molar-refractivity contribution in [3.8, 4) is 12.1 Å². The molecule has 5 rings (SSSR count). The normalized spacial score (nSPS) is 11.9. The summed E-state index contributed by atoms with van der Waals surface area (Å²) < 4.78 is 35.1. The highest BCUT2D eigenvalue weighted by molar-refractivity contribution is 9.10. The molecule has 0 spiro atoms. The molecule has 0 saturated carbocycles. The van der Waals surface area contributed by atoms with Crippen molar-refractivity contribution in [2.45, 2.75) is 132 Å². The average molecular weight is 1370 g/mol. The lowest BCUT2D eigenvalue weighted by atomic mass is 9.95. The number of carbonyl (C=O) groups is 7. The summed E-state index contributed by atoms with van der Waals surface area (Å²) in [6.45, 7) is 52.6. The first kappa shape index (κ1) is 85.8. The van der Waals surface area contributed by atoms with Crippen LogP contribution in [0.1, 0.15) is 138 Å². The zero-order valence-electron chi connectivity index (χ0n) is 55.0. The number of hydrogen-bond acceptors (Lipinski definition) is 18. The molecular weight excluding hydrogens is 1290 g/mol. The van der Waals surface area contributed by atoms with Gasteiger partial charge in [-0.3, -0.25) is 43.7 Å². The van der Waals surface area contributed by atoms with E-state index in [2.05, 4.69) is 55.7 Å². The fraction of sp³-hybridized carbons (Fsp3) is 0.371. The molecule has 0 N–H and O–H groups in total. The van der Waals surface area contributed by atoms with Gasteiger partial charge < -0.3 is 57.4 Å². The van der Waals surface area contributed by atoms with Crippen LogP contribution in [0.5, 0.6) is 0 Å². The maximum Gasteiger partial charge on any atom is 0.303 e. The molecule has 0 saturated heterocycles. The lowest BCUT2D eigenvalue weighted by Crippen LogP contribution is -2.20. The Hall–Kier alpha value is -11.3. The minimum atomic E-state index is -0.644. The van der Waals surface area contributed by atoms with Crippen LogP contribution in [-0.4, -0.2) is 104 Å². The number of rotatable bonds is 20. The van der Waals surface area contributed by atoms with E-state index in [4.69, 9.17) is 67.1 Å². The SMILES string of the molecule is CC(=O)OC(C)C(C#N)c1ccc(C)cc1.CC(=O)OC(C)C(C#N)c1ccc([N+](=O)[O-])cc1.[C-]#[N+]CC(C)OC(C)=O.[C-]#[N+]CC(OC(C)=O)c1ccc(Br)cc1.[C-]#[N+]CC(OC(C)=O)c1ccc(C)cc1.[C-]#[N+]CC(OC(C)=O)c1ccccc1.[C-]#[N+]CCOC(C)=O. The van der Waals surface area contributed by atoms with Gasteiger partial charge in [-0.15, -0.1) is 0 Å². The molecule has 8 atom stereocenters. The number of halogens is 1. The maximum atomic E-state index is 10.8. The number of nitro groups is 1. The molecular formula is C70H77BrN8O16. The number of nitrogens with zero attached hydrogens (tertiary/aromatic N) is 8. The molecule has 0 aromatic heterocycles. The Balaban J connectivity index is 0. The van der Waals surface area contributed by atoms with Crippen molar-refractivity contribution in [3.63, 3.8) is 0 Å². The van der Waals surface area contributed by atoms with Gasteiger partial charge in [-0.05, 0) is 57.9 Å². The molecule has 0 fully saturated rings. The van der Waals surface area contributed by atoms with E-state index in [0.29, 0.717) is 5.56 Å². The molecule has 0 aliphatic rings. The van der Waals surface area contributed by atoms with E-state index in [0.717, 1.165) is 37.9 Å². The topological polar surface area (TPSA) is 297 Å². The Bertz CT molecular complexity index is 3430. The van der Waals surface area contributed by atoms with Crippen molar-refractivity contribution < 1.29 is 71.6 Å². The number of esters is 7. The predicted octanol–water partition coefficient (Wildman–Crippen LogP) is 13.7. The maximum absolute atomic E-state index is 10.8. The number of aryl methyl sites for hydroxylation is 2. The van der Waals surface area contributed by atoms with Crippen molar-refractivity contribution in [2.24, 2.45) is 0 Å². The summed E-state index contributed by atoms with van der Waals surface area (Å²) in [5, 5.41) is 28.7. The minimum Gasteiger partial charge on any atom is -0.461 e. The van der Waals surface area contributed by atoms with E-state index in [1.807, 2.05) is 123 Å². The van der Waals surface area contributed by atoms with Gasteiger partial charge in [-0.2, -0.15) is 10.5 Å². The van der Waals surface area contributed by atoms with Crippen LogP contribution >= 0.6 is 15.9 Å². The van der Waals surface area contributed by atoms with Crippen LogP contribution in [0, 0.1) is 79.5 Å². The van der Waals surface area contributed by atoms with Gasteiger partial charge in [0.25, 0.3) is 31.9 Å². The molecule has 0 amide bonds. The van der Waals surface area contributed by atoms with Crippen LogP contribution in [0.2, 0.25) is 0 Å². The number of nitriles is 2. The number of non-ortho nitro benzene ring substituents is 1. The van der Waals surface area contributed by atoms with Gasteiger partial charge in [0.05, 0.1) is 17.1 Å². The summed E-state index contributed by atoms with van der Waals surface area (Å²) in [5.41, 5.74) is 6.26. The minimum absolute atomic E-state index is 0.0458. The van der Waals surface area contributed by atoms with Gasteiger partial charge in [-0.1, -0.05) is 130 Å². The predicted molar refractivity (Wildman–Crippen MR) is 354 cm³/mol.